The van der Waals surface area contributed by atoms with Crippen LogP contribution < -0.4 is 4.90 Å². The van der Waals surface area contributed by atoms with Gasteiger partial charge in [0.25, 0.3) is 0 Å². The Labute approximate surface area is 148 Å². The number of rotatable bonds is 4. The van der Waals surface area contributed by atoms with Gasteiger partial charge in [-0.3, -0.25) is 9.88 Å². The molecule has 6 heteroatoms. The van der Waals surface area contributed by atoms with Crippen LogP contribution in [0.2, 0.25) is 0 Å². The topological polar surface area (TPSA) is 52.5 Å². The third-order valence-electron chi connectivity index (χ3n) is 4.34. The normalized spacial score (nSPS) is 16.6. The van der Waals surface area contributed by atoms with Crippen molar-refractivity contribution in [3.8, 4) is 0 Å². The monoisotopic (exact) mass is 346 g/mol. The maximum atomic E-state index is 9.48. The van der Waals surface area contributed by atoms with Crippen LogP contribution >= 0.6 is 11.3 Å². The van der Waals surface area contributed by atoms with Crippen molar-refractivity contribution in [1.29, 1.82) is 0 Å². The Kier molecular flexibility index (Phi) is 5.18. The Bertz CT molecular complexity index is 672. The summed E-state index contributed by atoms with van der Waals surface area (Å²) in [5, 5.41) is 12.9. The number of hydrogen-bond acceptors (Lipinski definition) is 6. The molecule has 0 spiro atoms. The summed E-state index contributed by atoms with van der Waals surface area (Å²) in [6, 6.07) is 2.00. The zero-order chi connectivity index (χ0) is 17.2. The van der Waals surface area contributed by atoms with Crippen LogP contribution in [0.25, 0.3) is 0 Å². The highest BCUT2D eigenvalue weighted by molar-refractivity contribution is 7.09. The molecular weight excluding hydrogens is 320 g/mol. The summed E-state index contributed by atoms with van der Waals surface area (Å²) in [4.78, 5) is 13.7. The van der Waals surface area contributed by atoms with Gasteiger partial charge in [-0.2, -0.15) is 0 Å². The van der Waals surface area contributed by atoms with Crippen LogP contribution in [0.3, 0.4) is 0 Å². The second-order valence-electron chi connectivity index (χ2n) is 7.32. The number of pyridine rings is 1. The lowest BCUT2D eigenvalue weighted by atomic mass is 9.98. The number of aliphatic hydroxyl groups is 1. The van der Waals surface area contributed by atoms with Gasteiger partial charge in [-0.15, -0.1) is 11.3 Å². The molecule has 5 nitrogen and oxygen atoms in total. The fourth-order valence-corrected chi connectivity index (χ4v) is 3.85. The van der Waals surface area contributed by atoms with Crippen molar-refractivity contribution in [1.82, 2.24) is 14.9 Å². The summed E-state index contributed by atoms with van der Waals surface area (Å²) in [6.07, 6.45) is 3.55. The lowest BCUT2D eigenvalue weighted by Gasteiger charge is -2.36. The summed E-state index contributed by atoms with van der Waals surface area (Å²) in [5.41, 5.74) is 3.32. The van der Waals surface area contributed by atoms with Gasteiger partial charge in [0.15, 0.2) is 0 Å². The van der Waals surface area contributed by atoms with Crippen LogP contribution in [-0.4, -0.2) is 46.2 Å². The van der Waals surface area contributed by atoms with Crippen molar-refractivity contribution in [2.45, 2.75) is 39.3 Å². The summed E-state index contributed by atoms with van der Waals surface area (Å²) < 4.78 is 0. The van der Waals surface area contributed by atoms with Crippen molar-refractivity contribution in [2.24, 2.45) is 0 Å². The molecule has 0 amide bonds. The van der Waals surface area contributed by atoms with E-state index in [0.717, 1.165) is 44.0 Å². The van der Waals surface area contributed by atoms with E-state index in [9.17, 15) is 5.11 Å². The number of nitrogens with zero attached hydrogens (tertiary/aromatic N) is 4. The van der Waals surface area contributed by atoms with Crippen LogP contribution in [0.1, 0.15) is 37.0 Å². The molecule has 3 heterocycles. The van der Waals surface area contributed by atoms with E-state index in [-0.39, 0.29) is 12.0 Å². The predicted octanol–water partition coefficient (Wildman–Crippen LogP) is 2.65. The fourth-order valence-electron chi connectivity index (χ4n) is 2.95. The van der Waals surface area contributed by atoms with Gasteiger partial charge in [0, 0.05) is 67.2 Å². The zero-order valence-corrected chi connectivity index (χ0v) is 15.5. The average Bonchev–Trinajstić information content (AvgIpc) is 3.04. The predicted molar refractivity (Wildman–Crippen MR) is 98.5 cm³/mol. The van der Waals surface area contributed by atoms with Gasteiger partial charge in [0.05, 0.1) is 17.3 Å². The standard InChI is InChI=1S/C18H26N4OS/c1-18(2,3)17-20-15(13-24-17)11-21-6-8-22(9-7-21)16-4-5-19-10-14(16)12-23/h4-5,10,13,23H,6-9,11-12H2,1-3H3. The smallest absolute Gasteiger partial charge is 0.0982 e. The van der Waals surface area contributed by atoms with E-state index in [1.165, 1.54) is 10.7 Å². The minimum atomic E-state index is 0.0395. The van der Waals surface area contributed by atoms with E-state index in [4.69, 9.17) is 4.98 Å². The molecule has 0 unspecified atom stereocenters. The van der Waals surface area contributed by atoms with Gasteiger partial charge in [-0.05, 0) is 6.07 Å². The van der Waals surface area contributed by atoms with Crippen LogP contribution in [0, 0.1) is 0 Å². The zero-order valence-electron chi connectivity index (χ0n) is 14.7. The molecule has 0 aliphatic carbocycles. The van der Waals surface area contributed by atoms with E-state index < -0.39 is 0 Å². The van der Waals surface area contributed by atoms with Gasteiger partial charge in [-0.25, -0.2) is 4.98 Å². The largest absolute Gasteiger partial charge is 0.392 e. The third-order valence-corrected chi connectivity index (χ3v) is 5.66. The maximum Gasteiger partial charge on any atom is 0.0982 e. The van der Waals surface area contributed by atoms with Crippen LogP contribution in [0.5, 0.6) is 0 Å². The summed E-state index contributed by atoms with van der Waals surface area (Å²) in [5.74, 6) is 0. The summed E-state index contributed by atoms with van der Waals surface area (Å²) in [6.45, 7) is 11.5. The Balaban J connectivity index is 1.58. The van der Waals surface area contributed by atoms with Crippen LogP contribution in [0.4, 0.5) is 5.69 Å². The minimum Gasteiger partial charge on any atom is -0.392 e. The highest BCUT2D eigenvalue weighted by Crippen LogP contribution is 2.26. The maximum absolute atomic E-state index is 9.48. The molecule has 1 aliphatic rings. The van der Waals surface area contributed by atoms with Crippen molar-refractivity contribution < 1.29 is 5.11 Å². The molecule has 130 valence electrons. The minimum absolute atomic E-state index is 0.0395. The SMILES string of the molecule is CC(C)(C)c1nc(CN2CCN(c3ccncc3CO)CC2)cs1. The van der Waals surface area contributed by atoms with E-state index in [1.54, 1.807) is 23.7 Å². The lowest BCUT2D eigenvalue weighted by molar-refractivity contribution is 0.246. The summed E-state index contributed by atoms with van der Waals surface area (Å²) in [7, 11) is 0. The first-order valence-corrected chi connectivity index (χ1v) is 9.31. The van der Waals surface area contributed by atoms with Gasteiger partial charge in [0.1, 0.15) is 0 Å². The number of anilines is 1. The van der Waals surface area contributed by atoms with Gasteiger partial charge in [-0.1, -0.05) is 20.8 Å². The molecule has 0 radical (unpaired) electrons. The van der Waals surface area contributed by atoms with Gasteiger partial charge >= 0.3 is 0 Å². The van der Waals surface area contributed by atoms with Crippen molar-refractivity contribution >= 4 is 17.0 Å². The van der Waals surface area contributed by atoms with Gasteiger partial charge in [0.2, 0.25) is 0 Å². The second-order valence-corrected chi connectivity index (χ2v) is 8.18. The van der Waals surface area contributed by atoms with Crippen LogP contribution in [0.15, 0.2) is 23.8 Å². The Morgan fingerprint density at radius 3 is 2.58 bits per heavy atom. The first-order chi connectivity index (χ1) is 11.5. The first kappa shape index (κ1) is 17.3. The number of thiazole rings is 1. The molecule has 1 saturated heterocycles. The molecule has 3 rings (SSSR count). The Morgan fingerprint density at radius 2 is 1.96 bits per heavy atom. The molecule has 0 aromatic carbocycles. The molecule has 2 aromatic heterocycles. The van der Waals surface area contributed by atoms with E-state index >= 15 is 0 Å². The Hall–Kier alpha value is -1.50. The molecular formula is C18H26N4OS. The summed E-state index contributed by atoms with van der Waals surface area (Å²) >= 11 is 1.76. The number of aromatic nitrogens is 2. The molecule has 0 saturated carbocycles. The molecule has 0 atom stereocenters. The average molecular weight is 347 g/mol. The highest BCUT2D eigenvalue weighted by atomic mass is 32.1. The molecule has 1 fully saturated rings. The first-order valence-electron chi connectivity index (χ1n) is 8.43. The molecule has 1 N–H and O–H groups in total. The van der Waals surface area contributed by atoms with E-state index in [1.807, 2.05) is 6.07 Å². The highest BCUT2D eigenvalue weighted by Gasteiger charge is 2.22. The van der Waals surface area contributed by atoms with Crippen molar-refractivity contribution in [3.63, 3.8) is 0 Å². The van der Waals surface area contributed by atoms with E-state index in [2.05, 4.69) is 40.9 Å². The van der Waals surface area contributed by atoms with Crippen molar-refractivity contribution in [3.05, 3.63) is 40.1 Å². The number of piperazine rings is 1. The molecule has 2 aromatic rings. The molecule has 24 heavy (non-hydrogen) atoms. The second kappa shape index (κ2) is 7.17. The Morgan fingerprint density at radius 1 is 1.21 bits per heavy atom. The quantitative estimate of drug-likeness (QED) is 0.922. The van der Waals surface area contributed by atoms with Crippen molar-refractivity contribution in [2.75, 3.05) is 31.1 Å². The fraction of sp³-hybridized carbons (Fsp3) is 0.556. The number of hydrogen-bond donors (Lipinski definition) is 1. The molecule has 1 aliphatic heterocycles. The number of aliphatic hydroxyl groups excluding tert-OH is 1. The van der Waals surface area contributed by atoms with E-state index in [0.29, 0.717) is 0 Å². The third kappa shape index (κ3) is 3.94. The van der Waals surface area contributed by atoms with Crippen LogP contribution in [-0.2, 0) is 18.6 Å². The van der Waals surface area contributed by atoms with Gasteiger partial charge < -0.3 is 10.0 Å². The molecule has 0 bridgehead atoms. The lowest BCUT2D eigenvalue weighted by Crippen LogP contribution is -2.46.